The molecule has 27 heavy (non-hydrogen) atoms. The predicted octanol–water partition coefficient (Wildman–Crippen LogP) is 4.94. The lowest BCUT2D eigenvalue weighted by molar-refractivity contribution is 0.187. The minimum Gasteiger partial charge on any atom is -0.333 e. The number of benzene rings is 2. The van der Waals surface area contributed by atoms with Crippen LogP contribution in [0, 0.1) is 0 Å². The maximum atomic E-state index is 13.2. The van der Waals surface area contributed by atoms with Crippen molar-refractivity contribution in [1.82, 2.24) is 10.2 Å². The molecule has 142 valence electrons. The molecule has 2 aromatic carbocycles. The van der Waals surface area contributed by atoms with Gasteiger partial charge in [-0.15, -0.1) is 0 Å². The summed E-state index contributed by atoms with van der Waals surface area (Å²) in [5.41, 5.74) is 1.78. The predicted molar refractivity (Wildman–Crippen MR) is 110 cm³/mol. The number of amides is 2. The van der Waals surface area contributed by atoms with Gasteiger partial charge in [0.2, 0.25) is 0 Å². The number of nitrogens with one attached hydrogen (secondary N) is 1. The van der Waals surface area contributed by atoms with E-state index >= 15 is 0 Å². The van der Waals surface area contributed by atoms with Crippen LogP contribution in [0.3, 0.4) is 0 Å². The Labute approximate surface area is 162 Å². The van der Waals surface area contributed by atoms with Gasteiger partial charge in [0.1, 0.15) is 0 Å². The van der Waals surface area contributed by atoms with Crippen LogP contribution in [0.15, 0.2) is 60.7 Å². The third-order valence-electron chi connectivity index (χ3n) is 5.87. The summed E-state index contributed by atoms with van der Waals surface area (Å²) in [6, 6.07) is 20.7. The average molecular weight is 364 g/mol. The van der Waals surface area contributed by atoms with E-state index in [1.807, 2.05) is 60.7 Å². The van der Waals surface area contributed by atoms with Gasteiger partial charge in [-0.3, -0.25) is 9.80 Å². The Morgan fingerprint density at radius 2 is 1.44 bits per heavy atom. The van der Waals surface area contributed by atoms with Crippen LogP contribution in [0.2, 0.25) is 0 Å². The number of carbonyl (C=O) groups is 1. The van der Waals surface area contributed by atoms with Crippen molar-refractivity contribution in [2.45, 2.75) is 50.6 Å². The average Bonchev–Trinajstić information content (AvgIpc) is 3.19. The Hall–Kier alpha value is -2.33. The SMILES string of the molecule is O=C(N[C@@H]1CCN(C2CCCCC2)C1)N(c1ccccc1)c1ccccc1. The number of urea groups is 1. The van der Waals surface area contributed by atoms with Crippen molar-refractivity contribution in [2.24, 2.45) is 0 Å². The van der Waals surface area contributed by atoms with Crippen LogP contribution in [0.4, 0.5) is 16.2 Å². The molecule has 4 rings (SSSR count). The number of rotatable bonds is 4. The molecule has 4 nitrogen and oxygen atoms in total. The van der Waals surface area contributed by atoms with E-state index < -0.39 is 0 Å². The molecule has 0 spiro atoms. The fourth-order valence-corrected chi connectivity index (χ4v) is 4.46. The Morgan fingerprint density at radius 3 is 2.04 bits per heavy atom. The summed E-state index contributed by atoms with van der Waals surface area (Å²) >= 11 is 0. The first kappa shape index (κ1) is 18.1. The van der Waals surface area contributed by atoms with Crippen LogP contribution in [0.25, 0.3) is 0 Å². The highest BCUT2D eigenvalue weighted by Crippen LogP contribution is 2.27. The van der Waals surface area contributed by atoms with Crippen LogP contribution in [0.5, 0.6) is 0 Å². The molecule has 1 heterocycles. The first-order valence-electron chi connectivity index (χ1n) is 10.3. The van der Waals surface area contributed by atoms with Crippen molar-refractivity contribution in [2.75, 3.05) is 18.0 Å². The molecule has 1 atom stereocenters. The standard InChI is InChI=1S/C23H29N3O/c27-23(24-19-16-17-25(18-19)20-10-4-1-5-11-20)26(21-12-6-2-7-13-21)22-14-8-3-9-15-22/h2-3,6-9,12-15,19-20H,1,4-5,10-11,16-18H2,(H,24,27)/t19-/m1/s1. The molecule has 0 unspecified atom stereocenters. The molecule has 4 heteroatoms. The van der Waals surface area contributed by atoms with Gasteiger partial charge in [0.05, 0.1) is 11.4 Å². The fraction of sp³-hybridized carbons (Fsp3) is 0.435. The van der Waals surface area contributed by atoms with Crippen LogP contribution in [-0.2, 0) is 0 Å². The summed E-state index contributed by atoms with van der Waals surface area (Å²) in [6.07, 6.45) is 7.77. The molecule has 2 amide bonds. The second-order valence-corrected chi connectivity index (χ2v) is 7.73. The van der Waals surface area contributed by atoms with Crippen molar-refractivity contribution in [1.29, 1.82) is 0 Å². The summed E-state index contributed by atoms with van der Waals surface area (Å²) in [5, 5.41) is 3.29. The lowest BCUT2D eigenvalue weighted by atomic mass is 9.94. The van der Waals surface area contributed by atoms with Gasteiger partial charge >= 0.3 is 6.03 Å². The molecule has 1 saturated carbocycles. The first-order valence-corrected chi connectivity index (χ1v) is 10.3. The summed E-state index contributed by atoms with van der Waals surface area (Å²) < 4.78 is 0. The summed E-state index contributed by atoms with van der Waals surface area (Å²) in [4.78, 5) is 17.6. The largest absolute Gasteiger partial charge is 0.333 e. The normalized spacial score (nSPS) is 21.1. The van der Waals surface area contributed by atoms with E-state index in [-0.39, 0.29) is 12.1 Å². The van der Waals surface area contributed by atoms with Gasteiger partial charge < -0.3 is 5.32 Å². The van der Waals surface area contributed by atoms with Crippen LogP contribution in [0.1, 0.15) is 38.5 Å². The number of para-hydroxylation sites is 2. The van der Waals surface area contributed by atoms with Gasteiger partial charge in [-0.2, -0.15) is 0 Å². The second kappa shape index (κ2) is 8.57. The number of nitrogens with zero attached hydrogens (tertiary/aromatic N) is 2. The molecule has 0 bridgehead atoms. The van der Waals surface area contributed by atoms with Gasteiger partial charge in [0.15, 0.2) is 0 Å². The smallest absolute Gasteiger partial charge is 0.326 e. The second-order valence-electron chi connectivity index (χ2n) is 7.73. The maximum Gasteiger partial charge on any atom is 0.326 e. The van der Waals surface area contributed by atoms with Crippen molar-refractivity contribution in [3.63, 3.8) is 0 Å². The number of anilines is 2. The highest BCUT2D eigenvalue weighted by molar-refractivity contribution is 5.99. The molecule has 1 saturated heterocycles. The van der Waals surface area contributed by atoms with E-state index in [9.17, 15) is 4.79 Å². The number of hydrogen-bond donors (Lipinski definition) is 1. The van der Waals surface area contributed by atoms with Crippen LogP contribution < -0.4 is 10.2 Å². The van der Waals surface area contributed by atoms with E-state index in [4.69, 9.17) is 0 Å². The lowest BCUT2D eigenvalue weighted by Crippen LogP contribution is -2.45. The van der Waals surface area contributed by atoms with E-state index in [0.29, 0.717) is 0 Å². The molecule has 2 aliphatic rings. The molecule has 0 radical (unpaired) electrons. The molecular weight excluding hydrogens is 334 g/mol. The quantitative estimate of drug-likeness (QED) is 0.835. The molecule has 1 aliphatic heterocycles. The molecule has 1 aliphatic carbocycles. The van der Waals surface area contributed by atoms with E-state index in [1.165, 1.54) is 32.1 Å². The molecular formula is C23H29N3O. The Morgan fingerprint density at radius 1 is 0.852 bits per heavy atom. The molecule has 1 N–H and O–H groups in total. The van der Waals surface area contributed by atoms with E-state index in [2.05, 4.69) is 10.2 Å². The van der Waals surface area contributed by atoms with Crippen molar-refractivity contribution < 1.29 is 4.79 Å². The number of carbonyl (C=O) groups excluding carboxylic acids is 1. The third-order valence-corrected chi connectivity index (χ3v) is 5.87. The summed E-state index contributed by atoms with van der Waals surface area (Å²) in [6.45, 7) is 2.08. The highest BCUT2D eigenvalue weighted by Gasteiger charge is 2.31. The van der Waals surface area contributed by atoms with Gasteiger partial charge in [-0.05, 0) is 43.5 Å². The van der Waals surface area contributed by atoms with E-state index in [1.54, 1.807) is 4.90 Å². The topological polar surface area (TPSA) is 35.6 Å². The molecule has 0 aromatic heterocycles. The monoisotopic (exact) mass is 363 g/mol. The lowest BCUT2D eigenvalue weighted by Gasteiger charge is -2.31. The summed E-state index contributed by atoms with van der Waals surface area (Å²) in [5.74, 6) is 0. The Bertz CT molecular complexity index is 688. The van der Waals surface area contributed by atoms with Crippen LogP contribution >= 0.6 is 0 Å². The molecule has 2 fully saturated rings. The van der Waals surface area contributed by atoms with Crippen LogP contribution in [-0.4, -0.2) is 36.1 Å². The number of likely N-dealkylation sites (tertiary alicyclic amines) is 1. The zero-order valence-electron chi connectivity index (χ0n) is 15.9. The Balaban J connectivity index is 1.45. The minimum atomic E-state index is -0.0390. The fourth-order valence-electron chi connectivity index (χ4n) is 4.46. The van der Waals surface area contributed by atoms with Gasteiger partial charge in [-0.1, -0.05) is 55.7 Å². The zero-order valence-corrected chi connectivity index (χ0v) is 15.9. The van der Waals surface area contributed by atoms with Gasteiger partial charge in [-0.25, -0.2) is 4.79 Å². The number of hydrogen-bond acceptors (Lipinski definition) is 2. The van der Waals surface area contributed by atoms with Gasteiger partial charge in [0, 0.05) is 25.2 Å². The van der Waals surface area contributed by atoms with Crippen molar-refractivity contribution >= 4 is 17.4 Å². The third kappa shape index (κ3) is 4.33. The van der Waals surface area contributed by atoms with E-state index in [0.717, 1.165) is 36.9 Å². The Kier molecular flexibility index (Phi) is 5.73. The van der Waals surface area contributed by atoms with Crippen molar-refractivity contribution in [3.8, 4) is 0 Å². The van der Waals surface area contributed by atoms with Gasteiger partial charge in [0.25, 0.3) is 0 Å². The zero-order chi connectivity index (χ0) is 18.5. The summed E-state index contributed by atoms with van der Waals surface area (Å²) in [7, 11) is 0. The highest BCUT2D eigenvalue weighted by atomic mass is 16.2. The first-order chi connectivity index (χ1) is 13.3. The molecule has 2 aromatic rings. The maximum absolute atomic E-state index is 13.2. The minimum absolute atomic E-state index is 0.0390. The van der Waals surface area contributed by atoms with Crippen molar-refractivity contribution in [3.05, 3.63) is 60.7 Å².